The molecule has 0 bridgehead atoms. The summed E-state index contributed by atoms with van der Waals surface area (Å²) >= 11 is 12.0. The second kappa shape index (κ2) is 9.96. The van der Waals surface area contributed by atoms with Gasteiger partial charge in [-0.25, -0.2) is 4.39 Å². The largest absolute Gasteiger partial charge is 0.507 e. The quantitative estimate of drug-likeness (QED) is 0.558. The van der Waals surface area contributed by atoms with Crippen LogP contribution in [0.1, 0.15) is 61.1 Å². The molecular weight excluding hydrogens is 484 g/mol. The number of hydrogen-bond acceptors (Lipinski definition) is 4. The second-order valence-corrected chi connectivity index (χ2v) is 10.4. The number of aromatic hydroxyl groups is 1. The molecule has 0 radical (unpaired) electrons. The molecule has 3 rings (SSSR count). The van der Waals surface area contributed by atoms with Gasteiger partial charge < -0.3 is 20.3 Å². The Kier molecular flexibility index (Phi) is 7.62. The van der Waals surface area contributed by atoms with Crippen LogP contribution in [-0.4, -0.2) is 39.9 Å². The van der Waals surface area contributed by atoms with Gasteiger partial charge in [0, 0.05) is 24.7 Å². The van der Waals surface area contributed by atoms with Crippen molar-refractivity contribution in [2.45, 2.75) is 46.6 Å². The number of benzene rings is 1. The van der Waals surface area contributed by atoms with Gasteiger partial charge in [0.2, 0.25) is 5.91 Å². The van der Waals surface area contributed by atoms with Gasteiger partial charge in [-0.2, -0.15) is 0 Å². The number of nitrogens with one attached hydrogen (secondary N) is 2. The van der Waals surface area contributed by atoms with Crippen LogP contribution in [0.2, 0.25) is 10.0 Å². The summed E-state index contributed by atoms with van der Waals surface area (Å²) in [6.07, 6.45) is 2.21. The molecule has 1 aliphatic rings. The average Bonchev–Trinajstić information content (AvgIpc) is 2.77. The molecule has 1 aromatic heterocycles. The first-order chi connectivity index (χ1) is 15.8. The van der Waals surface area contributed by atoms with E-state index in [0.29, 0.717) is 31.5 Å². The minimum absolute atomic E-state index is 0.0506. The molecule has 1 fully saturated rings. The number of rotatable bonds is 4. The molecule has 1 unspecified atom stereocenters. The van der Waals surface area contributed by atoms with Gasteiger partial charge in [-0.1, -0.05) is 44.0 Å². The standard InChI is InChI=1S/C24H28Cl2FN3O4/c1-12-9-16(31)17(19(27)18(12)26)20(29-23(34)24(2,3)4)13-5-7-30(8-6-13)22(33)14-10-15(25)21(32)28-11-14/h9-11,13,20,31H,5-8H2,1-4H3,(H,28,32)(H,29,34). The number of carbonyl (C=O) groups is 2. The topological polar surface area (TPSA) is 102 Å². The summed E-state index contributed by atoms with van der Waals surface area (Å²) in [6, 6.07) is 1.88. The Hall–Kier alpha value is -2.58. The van der Waals surface area contributed by atoms with E-state index in [9.17, 15) is 19.5 Å². The lowest BCUT2D eigenvalue weighted by Gasteiger charge is -2.38. The van der Waals surface area contributed by atoms with Crippen LogP contribution >= 0.6 is 23.2 Å². The first-order valence-electron chi connectivity index (χ1n) is 11.0. The maximum absolute atomic E-state index is 15.2. The fourth-order valence-corrected chi connectivity index (χ4v) is 4.36. The van der Waals surface area contributed by atoms with Crippen LogP contribution in [-0.2, 0) is 4.79 Å². The highest BCUT2D eigenvalue weighted by Crippen LogP contribution is 2.40. The van der Waals surface area contributed by atoms with Crippen LogP contribution in [0.3, 0.4) is 0 Å². The van der Waals surface area contributed by atoms with Gasteiger partial charge >= 0.3 is 0 Å². The number of piperidine rings is 1. The third kappa shape index (κ3) is 5.39. The number of aromatic nitrogens is 1. The molecule has 2 aromatic rings. The van der Waals surface area contributed by atoms with Crippen LogP contribution < -0.4 is 10.9 Å². The molecule has 3 N–H and O–H groups in total. The van der Waals surface area contributed by atoms with E-state index in [1.165, 1.54) is 18.3 Å². The Morgan fingerprint density at radius 3 is 2.41 bits per heavy atom. The zero-order valence-electron chi connectivity index (χ0n) is 19.5. The third-order valence-corrected chi connectivity index (χ3v) is 6.83. The molecule has 0 aliphatic carbocycles. The van der Waals surface area contributed by atoms with Gasteiger partial charge in [0.05, 0.1) is 22.2 Å². The number of likely N-dealkylation sites (tertiary alicyclic amines) is 1. The predicted molar refractivity (Wildman–Crippen MR) is 129 cm³/mol. The zero-order chi connectivity index (χ0) is 25.4. The fraction of sp³-hybridized carbons (Fsp3) is 0.458. The molecule has 0 spiro atoms. The van der Waals surface area contributed by atoms with E-state index >= 15 is 4.39 Å². The smallest absolute Gasteiger partial charge is 0.266 e. The maximum atomic E-state index is 15.2. The van der Waals surface area contributed by atoms with Crippen molar-refractivity contribution < 1.29 is 19.1 Å². The van der Waals surface area contributed by atoms with Crippen molar-refractivity contribution in [1.29, 1.82) is 0 Å². The molecule has 184 valence electrons. The van der Waals surface area contributed by atoms with Gasteiger partial charge in [0.25, 0.3) is 11.5 Å². The summed E-state index contributed by atoms with van der Waals surface area (Å²) in [4.78, 5) is 41.2. The van der Waals surface area contributed by atoms with Crippen molar-refractivity contribution >= 4 is 35.0 Å². The summed E-state index contributed by atoms with van der Waals surface area (Å²) in [6.45, 7) is 7.50. The number of phenols is 1. The van der Waals surface area contributed by atoms with Crippen LogP contribution in [0.5, 0.6) is 5.75 Å². The molecule has 1 aliphatic heterocycles. The molecule has 1 saturated heterocycles. The molecule has 2 heterocycles. The van der Waals surface area contributed by atoms with E-state index in [2.05, 4.69) is 10.3 Å². The Bertz CT molecular complexity index is 1170. The van der Waals surface area contributed by atoms with E-state index in [1.54, 1.807) is 32.6 Å². The number of halogens is 3. The fourth-order valence-electron chi connectivity index (χ4n) is 4.03. The predicted octanol–water partition coefficient (Wildman–Crippen LogP) is 4.59. The molecule has 10 heteroatoms. The number of amides is 2. The molecule has 34 heavy (non-hydrogen) atoms. The first-order valence-corrected chi connectivity index (χ1v) is 11.7. The normalized spacial score (nSPS) is 15.8. The van der Waals surface area contributed by atoms with E-state index in [1.807, 2.05) is 0 Å². The SMILES string of the molecule is Cc1cc(O)c(C(NC(=O)C(C)(C)C)C2CCN(C(=O)c3c[nH]c(=O)c(Cl)c3)CC2)c(F)c1Cl. The maximum Gasteiger partial charge on any atom is 0.266 e. The van der Waals surface area contributed by atoms with Crippen molar-refractivity contribution in [2.75, 3.05) is 13.1 Å². The van der Waals surface area contributed by atoms with Crippen molar-refractivity contribution in [3.8, 4) is 5.75 Å². The number of phenolic OH excluding ortho intramolecular Hbond substituents is 1. The van der Waals surface area contributed by atoms with Crippen LogP contribution in [0.4, 0.5) is 4.39 Å². The minimum Gasteiger partial charge on any atom is -0.507 e. The zero-order valence-corrected chi connectivity index (χ0v) is 21.0. The number of carbonyl (C=O) groups excluding carboxylic acids is 2. The van der Waals surface area contributed by atoms with E-state index in [-0.39, 0.29) is 44.7 Å². The van der Waals surface area contributed by atoms with E-state index < -0.39 is 22.8 Å². The molecular formula is C24H28Cl2FN3O4. The second-order valence-electron chi connectivity index (χ2n) is 9.65. The van der Waals surface area contributed by atoms with E-state index in [4.69, 9.17) is 23.2 Å². The Morgan fingerprint density at radius 1 is 1.24 bits per heavy atom. The highest BCUT2D eigenvalue weighted by molar-refractivity contribution is 6.31. The van der Waals surface area contributed by atoms with Crippen LogP contribution in [0.25, 0.3) is 0 Å². The number of aromatic amines is 1. The summed E-state index contributed by atoms with van der Waals surface area (Å²) in [5.41, 5.74) is -0.617. The van der Waals surface area contributed by atoms with Gasteiger partial charge in [-0.05, 0) is 43.4 Å². The van der Waals surface area contributed by atoms with Crippen molar-refractivity contribution in [3.05, 3.63) is 61.2 Å². The molecule has 7 nitrogen and oxygen atoms in total. The number of hydrogen-bond donors (Lipinski definition) is 3. The van der Waals surface area contributed by atoms with Gasteiger partial charge in [0.15, 0.2) is 5.82 Å². The Labute approximate surface area is 207 Å². The molecule has 0 saturated carbocycles. The van der Waals surface area contributed by atoms with E-state index in [0.717, 1.165) is 0 Å². The highest BCUT2D eigenvalue weighted by Gasteiger charge is 2.36. The summed E-state index contributed by atoms with van der Waals surface area (Å²) in [5, 5.41) is 13.3. The number of nitrogens with zero attached hydrogens (tertiary/aromatic N) is 1. The van der Waals surface area contributed by atoms with Crippen molar-refractivity contribution in [2.24, 2.45) is 11.3 Å². The minimum atomic E-state index is -0.829. The van der Waals surface area contributed by atoms with Gasteiger partial charge in [0.1, 0.15) is 10.8 Å². The molecule has 1 aromatic carbocycles. The lowest BCUT2D eigenvalue weighted by Crippen LogP contribution is -2.45. The van der Waals surface area contributed by atoms with Crippen LogP contribution in [0, 0.1) is 24.1 Å². The third-order valence-electron chi connectivity index (χ3n) is 6.09. The van der Waals surface area contributed by atoms with Gasteiger partial charge in [-0.3, -0.25) is 14.4 Å². The number of H-pyrrole nitrogens is 1. The number of pyridine rings is 1. The first kappa shape index (κ1) is 26.0. The number of aryl methyl sites for hydroxylation is 1. The average molecular weight is 512 g/mol. The van der Waals surface area contributed by atoms with Crippen LogP contribution in [0.15, 0.2) is 23.1 Å². The van der Waals surface area contributed by atoms with Gasteiger partial charge in [-0.15, -0.1) is 0 Å². The summed E-state index contributed by atoms with van der Waals surface area (Å²) < 4.78 is 15.2. The van der Waals surface area contributed by atoms with Crippen molar-refractivity contribution in [1.82, 2.24) is 15.2 Å². The van der Waals surface area contributed by atoms with Crippen molar-refractivity contribution in [3.63, 3.8) is 0 Å². The summed E-state index contributed by atoms with van der Waals surface area (Å²) in [7, 11) is 0. The Morgan fingerprint density at radius 2 is 1.85 bits per heavy atom. The molecule has 2 amide bonds. The lowest BCUT2D eigenvalue weighted by atomic mass is 9.83. The Balaban J connectivity index is 1.87. The summed E-state index contributed by atoms with van der Waals surface area (Å²) in [5.74, 6) is -1.89. The highest BCUT2D eigenvalue weighted by atomic mass is 35.5. The molecule has 1 atom stereocenters. The monoisotopic (exact) mass is 511 g/mol. The lowest BCUT2D eigenvalue weighted by molar-refractivity contribution is -0.129.